The third-order valence-corrected chi connectivity index (χ3v) is 1.88. The lowest BCUT2D eigenvalue weighted by atomic mass is 10.3. The molecule has 0 atom stereocenters. The van der Waals surface area contributed by atoms with Crippen molar-refractivity contribution in [1.29, 1.82) is 0 Å². The molecule has 2 nitrogen and oxygen atoms in total. The van der Waals surface area contributed by atoms with E-state index in [9.17, 15) is 26.3 Å². The van der Waals surface area contributed by atoms with Crippen LogP contribution < -0.4 is 4.74 Å². The van der Waals surface area contributed by atoms with Gasteiger partial charge in [0, 0.05) is 12.1 Å². The number of nitrogens with zero attached hydrogens (tertiary/aromatic N) is 1. The van der Waals surface area contributed by atoms with E-state index in [0.717, 1.165) is 12.1 Å². The van der Waals surface area contributed by atoms with Gasteiger partial charge in [-0.2, -0.15) is 26.3 Å². The van der Waals surface area contributed by atoms with Crippen LogP contribution in [0, 0.1) is 6.07 Å². The van der Waals surface area contributed by atoms with E-state index >= 15 is 0 Å². The Labute approximate surface area is 99.7 Å². The lowest BCUT2D eigenvalue weighted by molar-refractivity contribution is -0.300. The number of halogens is 7. The number of hydrogen-bond donors (Lipinski definition) is 0. The molecular formula is C8H3BrF6NO. The largest absolute Gasteiger partial charge is 0.455 e. The Hall–Kier alpha value is -0.990. The third-order valence-electron chi connectivity index (χ3n) is 1.47. The fourth-order valence-corrected chi connectivity index (χ4v) is 1.16. The molecule has 0 N–H and O–H groups in total. The van der Waals surface area contributed by atoms with Crippen LogP contribution in [-0.2, 0) is 0 Å². The molecule has 95 valence electrons. The molecule has 0 unspecified atom stereocenters. The maximum atomic E-state index is 12.1. The molecule has 1 radical (unpaired) electrons. The van der Waals surface area contributed by atoms with E-state index in [2.05, 4.69) is 31.7 Å². The first-order valence-electron chi connectivity index (χ1n) is 3.95. The molecule has 0 spiro atoms. The van der Waals surface area contributed by atoms with Gasteiger partial charge in [0.25, 0.3) is 6.10 Å². The van der Waals surface area contributed by atoms with Gasteiger partial charge in [0.2, 0.25) is 5.88 Å². The van der Waals surface area contributed by atoms with Gasteiger partial charge in [-0.15, -0.1) is 0 Å². The summed E-state index contributed by atoms with van der Waals surface area (Å²) in [6.07, 6.45) is -15.0. The maximum Gasteiger partial charge on any atom is 0.434 e. The van der Waals surface area contributed by atoms with Crippen LogP contribution >= 0.6 is 15.9 Å². The Bertz CT molecular complexity index is 376. The van der Waals surface area contributed by atoms with Gasteiger partial charge in [-0.1, -0.05) is 0 Å². The van der Waals surface area contributed by atoms with Crippen LogP contribution in [0.5, 0.6) is 5.88 Å². The van der Waals surface area contributed by atoms with Gasteiger partial charge in [0.15, 0.2) is 0 Å². The Morgan fingerprint density at radius 2 is 1.71 bits per heavy atom. The van der Waals surface area contributed by atoms with Crippen molar-refractivity contribution in [3.8, 4) is 5.88 Å². The van der Waals surface area contributed by atoms with Crippen molar-refractivity contribution in [1.82, 2.24) is 4.98 Å². The van der Waals surface area contributed by atoms with Gasteiger partial charge in [0.05, 0.1) is 0 Å². The molecule has 1 aromatic heterocycles. The van der Waals surface area contributed by atoms with Crippen molar-refractivity contribution in [3.63, 3.8) is 0 Å². The highest BCUT2D eigenvalue weighted by atomic mass is 79.9. The van der Waals surface area contributed by atoms with E-state index in [1.165, 1.54) is 0 Å². The second kappa shape index (κ2) is 4.71. The molecule has 0 bridgehead atoms. The highest BCUT2D eigenvalue weighted by Crippen LogP contribution is 2.36. The lowest BCUT2D eigenvalue weighted by Gasteiger charge is -2.23. The van der Waals surface area contributed by atoms with Gasteiger partial charge in [0.1, 0.15) is 4.60 Å². The summed E-state index contributed by atoms with van der Waals surface area (Å²) in [6, 6.07) is 4.31. The van der Waals surface area contributed by atoms with Crippen LogP contribution in [0.1, 0.15) is 0 Å². The van der Waals surface area contributed by atoms with Gasteiger partial charge in [-0.05, 0) is 22.0 Å². The first-order valence-corrected chi connectivity index (χ1v) is 4.74. The van der Waals surface area contributed by atoms with Crippen molar-refractivity contribution < 1.29 is 31.1 Å². The molecule has 9 heteroatoms. The standard InChI is InChI=1S/C8H3BrF6NO/c9-4-2-1-3-5(16-4)17-6(7(10,11)12)8(13,14)15/h1,3,6H. The molecule has 0 saturated carbocycles. The highest BCUT2D eigenvalue weighted by Gasteiger charge is 2.59. The number of ether oxygens (including phenoxy) is 1. The van der Waals surface area contributed by atoms with E-state index in [1.54, 1.807) is 0 Å². The zero-order valence-electron chi connectivity index (χ0n) is 7.73. The Balaban J connectivity index is 2.96. The quantitative estimate of drug-likeness (QED) is 0.614. The maximum absolute atomic E-state index is 12.1. The lowest BCUT2D eigenvalue weighted by Crippen LogP contribution is -2.46. The molecule has 0 saturated heterocycles. The van der Waals surface area contributed by atoms with Gasteiger partial charge in [-0.25, -0.2) is 4.98 Å². The minimum atomic E-state index is -5.56. The minimum Gasteiger partial charge on any atom is -0.455 e. The number of rotatable bonds is 2. The first-order chi connectivity index (χ1) is 7.60. The molecule has 0 amide bonds. The molecule has 0 aliphatic carbocycles. The smallest absolute Gasteiger partial charge is 0.434 e. The minimum absolute atomic E-state index is 0.0573. The normalized spacial score (nSPS) is 12.9. The van der Waals surface area contributed by atoms with Crippen molar-refractivity contribution >= 4 is 15.9 Å². The van der Waals surface area contributed by atoms with E-state index in [4.69, 9.17) is 0 Å². The van der Waals surface area contributed by atoms with Crippen LogP contribution in [0.15, 0.2) is 16.7 Å². The number of pyridine rings is 1. The van der Waals surface area contributed by atoms with Crippen molar-refractivity contribution in [2.45, 2.75) is 18.5 Å². The predicted octanol–water partition coefficient (Wildman–Crippen LogP) is 3.52. The van der Waals surface area contributed by atoms with Gasteiger partial charge >= 0.3 is 12.4 Å². The molecule has 1 heterocycles. The number of hydrogen-bond acceptors (Lipinski definition) is 2. The Kier molecular flexibility index (Phi) is 3.90. The van der Waals surface area contributed by atoms with E-state index in [-0.39, 0.29) is 4.60 Å². The van der Waals surface area contributed by atoms with Crippen molar-refractivity contribution in [2.24, 2.45) is 0 Å². The molecule has 0 fully saturated rings. The van der Waals surface area contributed by atoms with Crippen LogP contribution in [0.25, 0.3) is 0 Å². The summed E-state index contributed by atoms with van der Waals surface area (Å²) in [5.41, 5.74) is 0. The van der Waals surface area contributed by atoms with Crippen molar-refractivity contribution in [3.05, 3.63) is 22.8 Å². The molecule has 1 rings (SSSR count). The second-order valence-corrected chi connectivity index (χ2v) is 3.55. The molecule has 0 aliphatic heterocycles. The van der Waals surface area contributed by atoms with Crippen LogP contribution in [0.3, 0.4) is 0 Å². The zero-order chi connectivity index (χ0) is 13.3. The Morgan fingerprint density at radius 3 is 2.12 bits per heavy atom. The van der Waals surface area contributed by atoms with E-state index in [1.807, 2.05) is 0 Å². The Morgan fingerprint density at radius 1 is 1.18 bits per heavy atom. The SMILES string of the molecule is FC(F)(F)C(Oc1cc[c]c(Br)n1)C(F)(F)F. The molecule has 1 aromatic rings. The molecular weight excluding hydrogens is 320 g/mol. The summed E-state index contributed by atoms with van der Waals surface area (Å²) >= 11 is 2.74. The highest BCUT2D eigenvalue weighted by molar-refractivity contribution is 9.10. The average molecular weight is 323 g/mol. The van der Waals surface area contributed by atoms with E-state index < -0.39 is 24.3 Å². The fraction of sp³-hybridized carbons (Fsp3) is 0.375. The van der Waals surface area contributed by atoms with E-state index in [0.29, 0.717) is 0 Å². The third kappa shape index (κ3) is 4.06. The topological polar surface area (TPSA) is 22.1 Å². The van der Waals surface area contributed by atoms with Gasteiger partial charge in [-0.3, -0.25) is 0 Å². The summed E-state index contributed by atoms with van der Waals surface area (Å²) in [5, 5.41) is 0. The first kappa shape index (κ1) is 14.1. The summed E-state index contributed by atoms with van der Waals surface area (Å²) in [5.74, 6) is -0.796. The monoisotopic (exact) mass is 322 g/mol. The van der Waals surface area contributed by atoms with Crippen LogP contribution in [-0.4, -0.2) is 23.4 Å². The second-order valence-electron chi connectivity index (χ2n) is 2.80. The summed E-state index contributed by atoms with van der Waals surface area (Å²) < 4.78 is 76.4. The average Bonchev–Trinajstić information content (AvgIpc) is 2.10. The molecule has 0 aromatic carbocycles. The number of aromatic nitrogens is 1. The van der Waals surface area contributed by atoms with Crippen LogP contribution in [0.4, 0.5) is 26.3 Å². The number of alkyl halides is 6. The summed E-state index contributed by atoms with van der Waals surface area (Å²) in [7, 11) is 0. The predicted molar refractivity (Wildman–Crippen MR) is 47.3 cm³/mol. The summed E-state index contributed by atoms with van der Waals surface area (Å²) in [4.78, 5) is 3.28. The van der Waals surface area contributed by atoms with Crippen LogP contribution in [0.2, 0.25) is 0 Å². The fourth-order valence-electron chi connectivity index (χ4n) is 0.854. The zero-order valence-corrected chi connectivity index (χ0v) is 9.32. The summed E-state index contributed by atoms with van der Waals surface area (Å²) in [6.45, 7) is 0. The molecule has 17 heavy (non-hydrogen) atoms. The van der Waals surface area contributed by atoms with Crippen molar-refractivity contribution in [2.75, 3.05) is 0 Å². The van der Waals surface area contributed by atoms with Gasteiger partial charge < -0.3 is 4.74 Å². The molecule has 0 aliphatic rings.